The monoisotopic (exact) mass is 259 g/mol. The zero-order valence-electron chi connectivity index (χ0n) is 10.4. The van der Waals surface area contributed by atoms with Crippen molar-refractivity contribution in [3.05, 3.63) is 29.8 Å². The van der Waals surface area contributed by atoms with Crippen LogP contribution in [0.25, 0.3) is 0 Å². The van der Waals surface area contributed by atoms with Gasteiger partial charge in [0.25, 0.3) is 0 Å². The van der Waals surface area contributed by atoms with Crippen molar-refractivity contribution in [2.75, 3.05) is 6.61 Å². The lowest BCUT2D eigenvalue weighted by atomic mass is 10.2. The Labute approximate surface area is 104 Å². The molecule has 3 N–H and O–H groups in total. The van der Waals surface area contributed by atoms with E-state index in [1.165, 1.54) is 12.5 Å². The normalized spacial score (nSPS) is 10.6. The van der Waals surface area contributed by atoms with Crippen molar-refractivity contribution in [2.24, 2.45) is 5.14 Å². The van der Waals surface area contributed by atoms with Gasteiger partial charge in [0, 0.05) is 6.61 Å². The van der Waals surface area contributed by atoms with Gasteiger partial charge < -0.3 is 5.11 Å². The van der Waals surface area contributed by atoms with E-state index in [1.54, 1.807) is 25.1 Å². The van der Waals surface area contributed by atoms with Gasteiger partial charge in [-0.25, -0.2) is 13.6 Å². The minimum Gasteiger partial charge on any atom is -0.396 e. The zero-order chi connectivity index (χ0) is 13.3. The van der Waals surface area contributed by atoms with Gasteiger partial charge in [0.2, 0.25) is 10.0 Å². The fraction of sp³-hybridized carbons (Fsp3) is 0.500. The van der Waals surface area contributed by atoms with Crippen LogP contribution in [0, 0.1) is 6.92 Å². The maximum absolute atomic E-state index is 10.8. The van der Waals surface area contributed by atoms with Crippen molar-refractivity contribution in [3.8, 4) is 0 Å². The highest BCUT2D eigenvalue weighted by molar-refractivity contribution is 7.89. The van der Waals surface area contributed by atoms with Gasteiger partial charge in [-0.2, -0.15) is 0 Å². The van der Waals surface area contributed by atoms with Crippen LogP contribution in [0.2, 0.25) is 0 Å². The van der Waals surface area contributed by atoms with Crippen LogP contribution in [0.15, 0.2) is 29.2 Å². The Morgan fingerprint density at radius 1 is 1.24 bits per heavy atom. The number of sulfonamides is 1. The largest absolute Gasteiger partial charge is 0.396 e. The Balaban J connectivity index is 0.000000366. The van der Waals surface area contributed by atoms with Crippen molar-refractivity contribution in [1.29, 1.82) is 0 Å². The molecule has 0 heterocycles. The fourth-order valence-corrected chi connectivity index (χ4v) is 2.02. The highest BCUT2D eigenvalue weighted by atomic mass is 32.2. The number of rotatable bonds is 4. The molecule has 0 aromatic heterocycles. The van der Waals surface area contributed by atoms with Crippen LogP contribution in [0.5, 0.6) is 0 Å². The molecular weight excluding hydrogens is 238 g/mol. The number of unbranched alkanes of at least 4 members (excludes halogenated alkanes) is 2. The second-order valence-corrected chi connectivity index (χ2v) is 5.27. The number of hydrogen-bond acceptors (Lipinski definition) is 3. The molecular formula is C12H21NO3S. The summed E-state index contributed by atoms with van der Waals surface area (Å²) < 4.78 is 21.7. The Bertz CT molecular complexity index is 412. The first-order valence-corrected chi connectivity index (χ1v) is 7.17. The minimum absolute atomic E-state index is 0.194. The Hall–Kier alpha value is -0.910. The molecule has 4 nitrogen and oxygen atoms in total. The van der Waals surface area contributed by atoms with Gasteiger partial charge in [-0.15, -0.1) is 0 Å². The first kappa shape index (κ1) is 16.1. The highest BCUT2D eigenvalue weighted by Gasteiger charge is 2.08. The van der Waals surface area contributed by atoms with Crippen molar-refractivity contribution >= 4 is 10.0 Å². The number of aliphatic hydroxyl groups excluding tert-OH is 1. The van der Waals surface area contributed by atoms with Gasteiger partial charge in [-0.3, -0.25) is 0 Å². The average molecular weight is 259 g/mol. The van der Waals surface area contributed by atoms with E-state index in [4.69, 9.17) is 10.2 Å². The van der Waals surface area contributed by atoms with E-state index in [0.717, 1.165) is 12.8 Å². The molecule has 0 unspecified atom stereocenters. The maximum Gasteiger partial charge on any atom is 0.238 e. The SMILES string of the molecule is CCCCCO.Cc1ccccc1S(N)(=O)=O. The van der Waals surface area contributed by atoms with Gasteiger partial charge in [0.1, 0.15) is 0 Å². The van der Waals surface area contributed by atoms with Crippen LogP contribution in [-0.2, 0) is 10.0 Å². The molecule has 0 saturated heterocycles. The van der Waals surface area contributed by atoms with E-state index in [0.29, 0.717) is 12.2 Å². The molecule has 0 amide bonds. The number of hydrogen-bond donors (Lipinski definition) is 2. The average Bonchev–Trinajstić information content (AvgIpc) is 2.26. The minimum atomic E-state index is -3.53. The van der Waals surface area contributed by atoms with Crippen LogP contribution in [0.1, 0.15) is 31.7 Å². The van der Waals surface area contributed by atoms with E-state index in [9.17, 15) is 8.42 Å². The summed E-state index contributed by atoms with van der Waals surface area (Å²) in [6.07, 6.45) is 3.33. The summed E-state index contributed by atoms with van der Waals surface area (Å²) in [6, 6.07) is 6.61. The lowest BCUT2D eigenvalue weighted by molar-refractivity contribution is 0.284. The Morgan fingerprint density at radius 2 is 1.82 bits per heavy atom. The third-order valence-electron chi connectivity index (χ3n) is 2.16. The molecule has 5 heteroatoms. The molecule has 17 heavy (non-hydrogen) atoms. The molecule has 0 spiro atoms. The van der Waals surface area contributed by atoms with Crippen molar-refractivity contribution in [3.63, 3.8) is 0 Å². The second kappa shape index (κ2) is 8.22. The van der Waals surface area contributed by atoms with Gasteiger partial charge in [0.05, 0.1) is 4.90 Å². The van der Waals surface area contributed by atoms with Gasteiger partial charge in [0.15, 0.2) is 0 Å². The Morgan fingerprint density at radius 3 is 2.12 bits per heavy atom. The summed E-state index contributed by atoms with van der Waals surface area (Å²) in [5.74, 6) is 0. The second-order valence-electron chi connectivity index (χ2n) is 3.74. The highest BCUT2D eigenvalue weighted by Crippen LogP contribution is 2.10. The summed E-state index contributed by atoms with van der Waals surface area (Å²) in [4.78, 5) is 0.194. The van der Waals surface area contributed by atoms with Gasteiger partial charge in [-0.1, -0.05) is 38.0 Å². The van der Waals surface area contributed by atoms with Crippen LogP contribution < -0.4 is 5.14 Å². The predicted molar refractivity (Wildman–Crippen MR) is 69.2 cm³/mol. The summed E-state index contributed by atoms with van der Waals surface area (Å²) in [7, 11) is -3.53. The van der Waals surface area contributed by atoms with E-state index in [-0.39, 0.29) is 4.90 Å². The number of primary sulfonamides is 1. The van der Waals surface area contributed by atoms with E-state index >= 15 is 0 Å². The van der Waals surface area contributed by atoms with Crippen molar-refractivity contribution in [1.82, 2.24) is 0 Å². The lowest BCUT2D eigenvalue weighted by Gasteiger charge is -2.00. The third kappa shape index (κ3) is 7.10. The first-order valence-electron chi connectivity index (χ1n) is 5.62. The molecule has 0 atom stereocenters. The van der Waals surface area contributed by atoms with E-state index < -0.39 is 10.0 Å². The standard InChI is InChI=1S/C7H9NO2S.C5H12O/c1-6-4-2-3-5-7(6)11(8,9)10;1-2-3-4-5-6/h2-5H,1H3,(H2,8,9,10);6H,2-5H2,1H3. The molecule has 0 saturated carbocycles. The van der Waals surface area contributed by atoms with E-state index in [2.05, 4.69) is 6.92 Å². The molecule has 1 rings (SSSR count). The van der Waals surface area contributed by atoms with Crippen molar-refractivity contribution < 1.29 is 13.5 Å². The fourth-order valence-electron chi connectivity index (χ4n) is 1.24. The maximum atomic E-state index is 10.8. The number of benzene rings is 1. The smallest absolute Gasteiger partial charge is 0.238 e. The quantitative estimate of drug-likeness (QED) is 0.809. The summed E-state index contributed by atoms with van der Waals surface area (Å²) in [6.45, 7) is 4.18. The predicted octanol–water partition coefficient (Wildman–Crippen LogP) is 1.81. The molecule has 0 bridgehead atoms. The Kier molecular flexibility index (Phi) is 7.78. The summed E-state index contributed by atoms with van der Waals surface area (Å²) in [5.41, 5.74) is 0.676. The van der Waals surface area contributed by atoms with Crippen LogP contribution in [0.4, 0.5) is 0 Å². The van der Waals surface area contributed by atoms with Crippen LogP contribution in [-0.4, -0.2) is 20.1 Å². The van der Waals surface area contributed by atoms with E-state index in [1.807, 2.05) is 0 Å². The zero-order valence-corrected chi connectivity index (χ0v) is 11.2. The molecule has 0 fully saturated rings. The number of nitrogens with two attached hydrogens (primary N) is 1. The molecule has 0 aliphatic heterocycles. The van der Waals surface area contributed by atoms with Crippen LogP contribution >= 0.6 is 0 Å². The molecule has 1 aromatic carbocycles. The number of aryl methyl sites for hydroxylation is 1. The molecule has 98 valence electrons. The van der Waals surface area contributed by atoms with Gasteiger partial charge >= 0.3 is 0 Å². The molecule has 0 aliphatic carbocycles. The first-order chi connectivity index (χ1) is 7.93. The lowest BCUT2D eigenvalue weighted by Crippen LogP contribution is -2.13. The van der Waals surface area contributed by atoms with Crippen molar-refractivity contribution in [2.45, 2.75) is 38.0 Å². The molecule has 1 aromatic rings. The summed E-state index contributed by atoms with van der Waals surface area (Å²) >= 11 is 0. The molecule has 0 aliphatic rings. The van der Waals surface area contributed by atoms with Gasteiger partial charge in [-0.05, 0) is 25.0 Å². The topological polar surface area (TPSA) is 80.4 Å². The summed E-state index contributed by atoms with van der Waals surface area (Å²) in [5, 5.41) is 13.1. The molecule has 0 radical (unpaired) electrons. The van der Waals surface area contributed by atoms with Crippen LogP contribution in [0.3, 0.4) is 0 Å². The number of aliphatic hydroxyl groups is 1. The third-order valence-corrected chi connectivity index (χ3v) is 3.23.